The second-order valence-electron chi connectivity index (χ2n) is 3.33. The van der Waals surface area contributed by atoms with Gasteiger partial charge in [0.1, 0.15) is 0 Å². The van der Waals surface area contributed by atoms with E-state index in [4.69, 9.17) is 0 Å². The quantitative estimate of drug-likeness (QED) is 0.754. The Bertz CT molecular complexity index is 291. The number of nitrogens with zero attached hydrogens (tertiary/aromatic N) is 1. The summed E-state index contributed by atoms with van der Waals surface area (Å²) >= 11 is 0. The molecule has 1 heterocycles. The number of halogens is 3. The van der Waals surface area contributed by atoms with Crippen LogP contribution in [0.15, 0.2) is 18.3 Å². The number of aromatic nitrogens is 1. The monoisotopic (exact) mass is 220 g/mol. The molecule has 1 rings (SSSR count). The second kappa shape index (κ2) is 5.21. The number of alkyl halides is 3. The standard InChI is InChI=1S/C10H15F3N2/c1-2-15-7-3-4-9(15)8-14-6-5-10(11,12)13/h3-4,7,14H,2,5-6,8H2,1H3. The molecule has 0 fully saturated rings. The van der Waals surface area contributed by atoms with E-state index in [1.54, 1.807) is 0 Å². The molecule has 0 saturated heterocycles. The molecule has 0 aliphatic carbocycles. The molecular formula is C10H15F3N2. The first-order valence-corrected chi connectivity index (χ1v) is 4.94. The zero-order valence-electron chi connectivity index (χ0n) is 8.64. The van der Waals surface area contributed by atoms with E-state index >= 15 is 0 Å². The van der Waals surface area contributed by atoms with Crippen molar-refractivity contribution in [1.82, 2.24) is 9.88 Å². The molecule has 0 bridgehead atoms. The minimum atomic E-state index is -4.07. The van der Waals surface area contributed by atoms with Crippen molar-refractivity contribution in [2.45, 2.75) is 32.6 Å². The highest BCUT2D eigenvalue weighted by Gasteiger charge is 2.25. The Morgan fingerprint density at radius 1 is 1.40 bits per heavy atom. The van der Waals surface area contributed by atoms with Crippen LogP contribution in [0.1, 0.15) is 19.0 Å². The summed E-state index contributed by atoms with van der Waals surface area (Å²) < 4.78 is 37.5. The van der Waals surface area contributed by atoms with Gasteiger partial charge in [0.2, 0.25) is 0 Å². The predicted octanol–water partition coefficient (Wildman–Crippen LogP) is 2.55. The SMILES string of the molecule is CCn1cccc1CNCCC(F)(F)F. The first kappa shape index (κ1) is 12.1. The van der Waals surface area contributed by atoms with E-state index in [2.05, 4.69) is 5.32 Å². The number of aryl methyl sites for hydroxylation is 1. The smallest absolute Gasteiger partial charge is 0.351 e. The molecular weight excluding hydrogens is 205 g/mol. The lowest BCUT2D eigenvalue weighted by atomic mass is 10.3. The summed E-state index contributed by atoms with van der Waals surface area (Å²) in [4.78, 5) is 0. The Balaban J connectivity index is 2.26. The van der Waals surface area contributed by atoms with Crippen LogP contribution in [0.25, 0.3) is 0 Å². The molecule has 0 saturated carbocycles. The van der Waals surface area contributed by atoms with Gasteiger partial charge in [-0.2, -0.15) is 13.2 Å². The van der Waals surface area contributed by atoms with Crippen molar-refractivity contribution in [2.24, 2.45) is 0 Å². The van der Waals surface area contributed by atoms with Gasteiger partial charge >= 0.3 is 6.18 Å². The van der Waals surface area contributed by atoms with E-state index in [-0.39, 0.29) is 6.54 Å². The van der Waals surface area contributed by atoms with Crippen LogP contribution in [0.5, 0.6) is 0 Å². The fourth-order valence-electron chi connectivity index (χ4n) is 1.37. The van der Waals surface area contributed by atoms with Crippen LogP contribution in [-0.4, -0.2) is 17.3 Å². The van der Waals surface area contributed by atoms with E-state index in [1.165, 1.54) is 0 Å². The fraction of sp³-hybridized carbons (Fsp3) is 0.600. The molecule has 0 aliphatic rings. The van der Waals surface area contributed by atoms with E-state index in [1.807, 2.05) is 29.8 Å². The van der Waals surface area contributed by atoms with Gasteiger partial charge in [0.15, 0.2) is 0 Å². The fourth-order valence-corrected chi connectivity index (χ4v) is 1.37. The maximum absolute atomic E-state index is 11.8. The molecule has 0 aromatic carbocycles. The molecule has 5 heteroatoms. The summed E-state index contributed by atoms with van der Waals surface area (Å²) in [7, 11) is 0. The Kier molecular flexibility index (Phi) is 4.20. The highest BCUT2D eigenvalue weighted by atomic mass is 19.4. The summed E-state index contributed by atoms with van der Waals surface area (Å²) in [6.07, 6.45) is -2.93. The normalized spacial score (nSPS) is 12.0. The molecule has 1 N–H and O–H groups in total. The van der Waals surface area contributed by atoms with E-state index in [0.717, 1.165) is 12.2 Å². The van der Waals surface area contributed by atoms with Crippen LogP contribution in [0.4, 0.5) is 13.2 Å². The minimum Gasteiger partial charge on any atom is -0.351 e. The van der Waals surface area contributed by atoms with Gasteiger partial charge in [0.25, 0.3) is 0 Å². The van der Waals surface area contributed by atoms with Crippen molar-refractivity contribution < 1.29 is 13.2 Å². The Morgan fingerprint density at radius 2 is 2.13 bits per heavy atom. The maximum atomic E-state index is 11.8. The van der Waals surface area contributed by atoms with Crippen LogP contribution in [0.3, 0.4) is 0 Å². The lowest BCUT2D eigenvalue weighted by Gasteiger charge is -2.09. The molecule has 0 radical (unpaired) electrons. The number of hydrogen-bond donors (Lipinski definition) is 1. The molecule has 1 aromatic heterocycles. The third-order valence-corrected chi connectivity index (χ3v) is 2.16. The van der Waals surface area contributed by atoms with Gasteiger partial charge in [0.05, 0.1) is 6.42 Å². The summed E-state index contributed by atoms with van der Waals surface area (Å²) in [5.74, 6) is 0. The number of hydrogen-bond acceptors (Lipinski definition) is 1. The molecule has 15 heavy (non-hydrogen) atoms. The summed E-state index contributed by atoms with van der Waals surface area (Å²) in [6.45, 7) is 3.29. The van der Waals surface area contributed by atoms with Crippen LogP contribution in [0, 0.1) is 0 Å². The van der Waals surface area contributed by atoms with Crippen LogP contribution >= 0.6 is 0 Å². The van der Waals surface area contributed by atoms with Gasteiger partial charge < -0.3 is 9.88 Å². The minimum absolute atomic E-state index is 0.0294. The van der Waals surface area contributed by atoms with E-state index < -0.39 is 12.6 Å². The Labute approximate surface area is 87.1 Å². The molecule has 0 unspecified atom stereocenters. The Morgan fingerprint density at radius 3 is 2.73 bits per heavy atom. The first-order valence-electron chi connectivity index (χ1n) is 4.94. The molecule has 0 amide bonds. The molecule has 2 nitrogen and oxygen atoms in total. The highest BCUT2D eigenvalue weighted by Crippen LogP contribution is 2.18. The number of nitrogens with one attached hydrogen (secondary N) is 1. The summed E-state index contributed by atoms with van der Waals surface area (Å²) in [5.41, 5.74) is 1.01. The van der Waals surface area contributed by atoms with Crippen molar-refractivity contribution in [3.63, 3.8) is 0 Å². The van der Waals surface area contributed by atoms with Crippen molar-refractivity contribution in [3.05, 3.63) is 24.0 Å². The van der Waals surface area contributed by atoms with Gasteiger partial charge in [-0.15, -0.1) is 0 Å². The highest BCUT2D eigenvalue weighted by molar-refractivity contribution is 5.06. The Hall–Kier alpha value is -0.970. The molecule has 1 aromatic rings. The van der Waals surface area contributed by atoms with Gasteiger partial charge in [-0.1, -0.05) is 0 Å². The van der Waals surface area contributed by atoms with Gasteiger partial charge in [-0.25, -0.2) is 0 Å². The zero-order valence-corrected chi connectivity index (χ0v) is 8.64. The number of rotatable bonds is 5. The van der Waals surface area contributed by atoms with E-state index in [9.17, 15) is 13.2 Å². The van der Waals surface area contributed by atoms with Crippen molar-refractivity contribution in [3.8, 4) is 0 Å². The lowest BCUT2D eigenvalue weighted by molar-refractivity contribution is -0.133. The van der Waals surface area contributed by atoms with Gasteiger partial charge in [-0.3, -0.25) is 0 Å². The summed E-state index contributed by atoms with van der Waals surface area (Å²) in [6, 6.07) is 3.80. The lowest BCUT2D eigenvalue weighted by Crippen LogP contribution is -2.22. The van der Waals surface area contributed by atoms with Crippen LogP contribution in [0.2, 0.25) is 0 Å². The first-order chi connectivity index (χ1) is 7.03. The molecule has 0 spiro atoms. The van der Waals surface area contributed by atoms with E-state index in [0.29, 0.717) is 6.54 Å². The van der Waals surface area contributed by atoms with Crippen molar-refractivity contribution in [2.75, 3.05) is 6.54 Å². The van der Waals surface area contributed by atoms with Crippen LogP contribution < -0.4 is 5.32 Å². The third kappa shape index (κ3) is 4.38. The van der Waals surface area contributed by atoms with Crippen molar-refractivity contribution >= 4 is 0 Å². The average molecular weight is 220 g/mol. The molecule has 0 atom stereocenters. The van der Waals surface area contributed by atoms with Gasteiger partial charge in [-0.05, 0) is 19.1 Å². The van der Waals surface area contributed by atoms with Crippen LogP contribution in [-0.2, 0) is 13.1 Å². The largest absolute Gasteiger partial charge is 0.390 e. The molecule has 0 aliphatic heterocycles. The maximum Gasteiger partial charge on any atom is 0.390 e. The average Bonchev–Trinajstić information content (AvgIpc) is 2.58. The predicted molar refractivity (Wildman–Crippen MR) is 52.5 cm³/mol. The third-order valence-electron chi connectivity index (χ3n) is 2.16. The second-order valence-corrected chi connectivity index (χ2v) is 3.33. The summed E-state index contributed by atoms with van der Waals surface area (Å²) in [5, 5.41) is 2.78. The van der Waals surface area contributed by atoms with Gasteiger partial charge in [0, 0.05) is 31.5 Å². The topological polar surface area (TPSA) is 17.0 Å². The van der Waals surface area contributed by atoms with Crippen molar-refractivity contribution in [1.29, 1.82) is 0 Å². The zero-order chi connectivity index (χ0) is 11.3. The molecule has 86 valence electrons.